The molecule has 0 atom stereocenters. The first kappa shape index (κ1) is 19.0. The summed E-state index contributed by atoms with van der Waals surface area (Å²) in [7, 11) is 0. The van der Waals surface area contributed by atoms with Gasteiger partial charge in [0.15, 0.2) is 0 Å². The van der Waals surface area contributed by atoms with Crippen LogP contribution in [0.15, 0.2) is 24.3 Å². The van der Waals surface area contributed by atoms with Crippen molar-refractivity contribution in [1.82, 2.24) is 15.1 Å². The molecule has 1 aliphatic heterocycles. The molecule has 0 radical (unpaired) electrons. The lowest BCUT2D eigenvalue weighted by atomic mass is 10.1. The highest BCUT2D eigenvalue weighted by Crippen LogP contribution is 2.08. The molecule has 25 heavy (non-hydrogen) atoms. The van der Waals surface area contributed by atoms with Crippen molar-refractivity contribution in [3.63, 3.8) is 0 Å². The average Bonchev–Trinajstić information content (AvgIpc) is 2.62. The largest absolute Gasteiger partial charge is 0.347 e. The van der Waals surface area contributed by atoms with E-state index in [1.165, 1.54) is 5.56 Å². The van der Waals surface area contributed by atoms with Crippen molar-refractivity contribution in [3.05, 3.63) is 35.4 Å². The van der Waals surface area contributed by atoms with Gasteiger partial charge in [-0.1, -0.05) is 36.8 Å². The minimum atomic E-state index is -0.0947. The van der Waals surface area contributed by atoms with Gasteiger partial charge in [-0.2, -0.15) is 0 Å². The number of carbonyl (C=O) groups excluding carboxylic acids is 3. The second-order valence-corrected chi connectivity index (χ2v) is 6.45. The Hall–Kier alpha value is -2.37. The SMILES string of the molecule is CCCC(=O)NCC(=O)N1CCN(C(=O)Cc2ccc(C)cc2)CC1. The van der Waals surface area contributed by atoms with E-state index >= 15 is 0 Å². The first-order chi connectivity index (χ1) is 12.0. The van der Waals surface area contributed by atoms with Crippen LogP contribution in [0, 0.1) is 6.92 Å². The fourth-order valence-electron chi connectivity index (χ4n) is 2.80. The monoisotopic (exact) mass is 345 g/mol. The Morgan fingerprint density at radius 2 is 1.52 bits per heavy atom. The molecule has 1 fully saturated rings. The topological polar surface area (TPSA) is 69.7 Å². The van der Waals surface area contributed by atoms with Crippen molar-refractivity contribution in [2.24, 2.45) is 0 Å². The fraction of sp³-hybridized carbons (Fsp3) is 0.526. The number of nitrogens with zero attached hydrogens (tertiary/aromatic N) is 2. The van der Waals surface area contributed by atoms with E-state index < -0.39 is 0 Å². The molecule has 0 aromatic heterocycles. The van der Waals surface area contributed by atoms with Crippen LogP contribution in [0.4, 0.5) is 0 Å². The summed E-state index contributed by atoms with van der Waals surface area (Å²) in [4.78, 5) is 39.4. The van der Waals surface area contributed by atoms with E-state index in [2.05, 4.69) is 5.32 Å². The summed E-state index contributed by atoms with van der Waals surface area (Å²) in [5.74, 6) is -0.0925. The van der Waals surface area contributed by atoms with Gasteiger partial charge in [-0.15, -0.1) is 0 Å². The van der Waals surface area contributed by atoms with E-state index in [1.54, 1.807) is 9.80 Å². The molecule has 2 rings (SSSR count). The van der Waals surface area contributed by atoms with E-state index in [9.17, 15) is 14.4 Å². The van der Waals surface area contributed by atoms with Crippen molar-refractivity contribution in [2.45, 2.75) is 33.1 Å². The maximum absolute atomic E-state index is 12.4. The van der Waals surface area contributed by atoms with Crippen molar-refractivity contribution in [2.75, 3.05) is 32.7 Å². The summed E-state index contributed by atoms with van der Waals surface area (Å²) in [6.45, 7) is 6.10. The highest BCUT2D eigenvalue weighted by molar-refractivity contribution is 5.85. The van der Waals surface area contributed by atoms with Gasteiger partial charge in [-0.3, -0.25) is 14.4 Å². The summed E-state index contributed by atoms with van der Waals surface area (Å²) < 4.78 is 0. The minimum Gasteiger partial charge on any atom is -0.347 e. The third-order valence-corrected chi connectivity index (χ3v) is 4.37. The normalized spacial score (nSPS) is 14.3. The Bertz CT molecular complexity index is 605. The van der Waals surface area contributed by atoms with Crippen LogP contribution in [-0.2, 0) is 20.8 Å². The number of aryl methyl sites for hydroxylation is 1. The second-order valence-electron chi connectivity index (χ2n) is 6.45. The molecule has 1 aromatic carbocycles. The molecule has 1 aromatic rings. The lowest BCUT2D eigenvalue weighted by Gasteiger charge is -2.35. The molecule has 136 valence electrons. The number of carbonyl (C=O) groups is 3. The van der Waals surface area contributed by atoms with Gasteiger partial charge in [0, 0.05) is 32.6 Å². The number of amides is 3. The average molecular weight is 345 g/mol. The molecule has 0 saturated carbocycles. The predicted molar refractivity (Wildman–Crippen MR) is 96.0 cm³/mol. The molecule has 1 aliphatic rings. The van der Waals surface area contributed by atoms with Gasteiger partial charge in [0.1, 0.15) is 0 Å². The van der Waals surface area contributed by atoms with Crippen LogP contribution in [0.1, 0.15) is 30.9 Å². The van der Waals surface area contributed by atoms with Crippen LogP contribution in [0.25, 0.3) is 0 Å². The molecule has 3 amide bonds. The summed E-state index contributed by atoms with van der Waals surface area (Å²) >= 11 is 0. The van der Waals surface area contributed by atoms with Crippen LogP contribution in [0.3, 0.4) is 0 Å². The Morgan fingerprint density at radius 1 is 0.960 bits per heavy atom. The summed E-state index contributed by atoms with van der Waals surface area (Å²) in [6, 6.07) is 7.97. The summed E-state index contributed by atoms with van der Waals surface area (Å²) in [5.41, 5.74) is 2.18. The number of benzene rings is 1. The zero-order chi connectivity index (χ0) is 18.2. The van der Waals surface area contributed by atoms with E-state index in [4.69, 9.17) is 0 Å². The van der Waals surface area contributed by atoms with Crippen molar-refractivity contribution < 1.29 is 14.4 Å². The zero-order valence-electron chi connectivity index (χ0n) is 15.1. The molecule has 0 spiro atoms. The Labute approximate surface area is 149 Å². The molecule has 6 nitrogen and oxygen atoms in total. The molecule has 6 heteroatoms. The van der Waals surface area contributed by atoms with Crippen LogP contribution in [-0.4, -0.2) is 60.2 Å². The molecule has 0 aliphatic carbocycles. The zero-order valence-corrected chi connectivity index (χ0v) is 15.1. The molecule has 0 unspecified atom stereocenters. The maximum atomic E-state index is 12.4. The molecular formula is C19H27N3O3. The first-order valence-electron chi connectivity index (χ1n) is 8.87. The van der Waals surface area contributed by atoms with Crippen LogP contribution in [0.2, 0.25) is 0 Å². The van der Waals surface area contributed by atoms with E-state index in [1.807, 2.05) is 38.1 Å². The molecule has 1 saturated heterocycles. The number of hydrogen-bond donors (Lipinski definition) is 1. The smallest absolute Gasteiger partial charge is 0.242 e. The van der Waals surface area contributed by atoms with Gasteiger partial charge in [0.05, 0.1) is 13.0 Å². The fourth-order valence-corrected chi connectivity index (χ4v) is 2.80. The third kappa shape index (κ3) is 5.89. The van der Waals surface area contributed by atoms with E-state index in [0.29, 0.717) is 39.0 Å². The van der Waals surface area contributed by atoms with E-state index in [-0.39, 0.29) is 24.3 Å². The molecule has 1 heterocycles. The van der Waals surface area contributed by atoms with Crippen LogP contribution < -0.4 is 5.32 Å². The van der Waals surface area contributed by atoms with E-state index in [0.717, 1.165) is 12.0 Å². The van der Waals surface area contributed by atoms with Crippen molar-refractivity contribution >= 4 is 17.7 Å². The van der Waals surface area contributed by atoms with Gasteiger partial charge in [0.2, 0.25) is 17.7 Å². The van der Waals surface area contributed by atoms with Crippen molar-refractivity contribution in [1.29, 1.82) is 0 Å². The highest BCUT2D eigenvalue weighted by Gasteiger charge is 2.24. The lowest BCUT2D eigenvalue weighted by Crippen LogP contribution is -2.52. The minimum absolute atomic E-state index is 0.0378. The number of hydrogen-bond acceptors (Lipinski definition) is 3. The van der Waals surface area contributed by atoms with Gasteiger partial charge in [-0.05, 0) is 18.9 Å². The van der Waals surface area contributed by atoms with Crippen LogP contribution >= 0.6 is 0 Å². The third-order valence-electron chi connectivity index (χ3n) is 4.37. The quantitative estimate of drug-likeness (QED) is 0.840. The number of rotatable bonds is 6. The van der Waals surface area contributed by atoms with Gasteiger partial charge in [-0.25, -0.2) is 0 Å². The Morgan fingerprint density at radius 3 is 2.08 bits per heavy atom. The second kappa shape index (κ2) is 9.20. The van der Waals surface area contributed by atoms with Gasteiger partial charge < -0.3 is 15.1 Å². The van der Waals surface area contributed by atoms with Gasteiger partial charge >= 0.3 is 0 Å². The van der Waals surface area contributed by atoms with Crippen LogP contribution in [0.5, 0.6) is 0 Å². The molecule has 1 N–H and O–H groups in total. The number of nitrogens with one attached hydrogen (secondary N) is 1. The Kier molecular flexibility index (Phi) is 6.98. The Balaban J connectivity index is 1.74. The standard InChI is InChI=1S/C19H27N3O3/c1-3-4-17(23)20-14-19(25)22-11-9-21(10-12-22)18(24)13-16-7-5-15(2)6-8-16/h5-8H,3-4,9-14H2,1-2H3,(H,20,23). The maximum Gasteiger partial charge on any atom is 0.242 e. The lowest BCUT2D eigenvalue weighted by molar-refractivity contribution is -0.139. The molecule has 0 bridgehead atoms. The summed E-state index contributed by atoms with van der Waals surface area (Å²) in [6.07, 6.45) is 1.59. The van der Waals surface area contributed by atoms with Gasteiger partial charge in [0.25, 0.3) is 0 Å². The first-order valence-corrected chi connectivity index (χ1v) is 8.87. The summed E-state index contributed by atoms with van der Waals surface area (Å²) in [5, 5.41) is 2.64. The molecular weight excluding hydrogens is 318 g/mol. The van der Waals surface area contributed by atoms with Crippen molar-refractivity contribution in [3.8, 4) is 0 Å². The predicted octanol–water partition coefficient (Wildman–Crippen LogP) is 1.12. The highest BCUT2D eigenvalue weighted by atomic mass is 16.2. The number of piperazine rings is 1.